The van der Waals surface area contributed by atoms with Crippen molar-refractivity contribution in [2.45, 2.75) is 19.4 Å². The first kappa shape index (κ1) is 10.6. The minimum absolute atomic E-state index is 0.398. The molecule has 1 aliphatic heterocycles. The van der Waals surface area contributed by atoms with Gasteiger partial charge in [-0.3, -0.25) is 0 Å². The average molecular weight is 226 g/mol. The Labute approximate surface area is 89.9 Å². The fourth-order valence-electron chi connectivity index (χ4n) is 1.89. The first-order chi connectivity index (χ1) is 7.07. The van der Waals surface area contributed by atoms with Gasteiger partial charge in [0.2, 0.25) is 0 Å². The Kier molecular flexibility index (Phi) is 2.77. The van der Waals surface area contributed by atoms with Gasteiger partial charge in [-0.15, -0.1) is 0 Å². The molecule has 0 atom stereocenters. The molecule has 82 valence electrons. The van der Waals surface area contributed by atoms with Crippen molar-refractivity contribution < 1.29 is 8.42 Å². The van der Waals surface area contributed by atoms with E-state index in [1.807, 2.05) is 24.3 Å². The lowest BCUT2D eigenvalue weighted by molar-refractivity contribution is 0.411. The molecule has 0 radical (unpaired) electrons. The molecule has 0 fully saturated rings. The van der Waals surface area contributed by atoms with E-state index >= 15 is 0 Å². The van der Waals surface area contributed by atoms with E-state index in [0.29, 0.717) is 13.1 Å². The van der Waals surface area contributed by atoms with Crippen molar-refractivity contribution in [3.8, 4) is 0 Å². The molecule has 15 heavy (non-hydrogen) atoms. The van der Waals surface area contributed by atoms with Gasteiger partial charge in [0.25, 0.3) is 10.2 Å². The van der Waals surface area contributed by atoms with Gasteiger partial charge in [0.1, 0.15) is 0 Å². The summed E-state index contributed by atoms with van der Waals surface area (Å²) in [6.07, 6.45) is 1.75. The predicted octanol–water partition coefficient (Wildman–Crippen LogP) is 0.638. The Morgan fingerprint density at radius 1 is 1.20 bits per heavy atom. The van der Waals surface area contributed by atoms with Crippen LogP contribution < -0.4 is 5.14 Å². The van der Waals surface area contributed by atoms with Crippen LogP contribution >= 0.6 is 0 Å². The largest absolute Gasteiger partial charge is 0.277 e. The van der Waals surface area contributed by atoms with E-state index in [9.17, 15) is 8.42 Å². The van der Waals surface area contributed by atoms with Crippen molar-refractivity contribution in [3.63, 3.8) is 0 Å². The van der Waals surface area contributed by atoms with Gasteiger partial charge in [-0.1, -0.05) is 24.3 Å². The molecule has 0 bridgehead atoms. The summed E-state index contributed by atoms with van der Waals surface area (Å²) in [4.78, 5) is 0. The number of aryl methyl sites for hydroxylation is 1. The fraction of sp³-hybridized carbons (Fsp3) is 0.400. The van der Waals surface area contributed by atoms with Crippen molar-refractivity contribution >= 4 is 10.2 Å². The monoisotopic (exact) mass is 226 g/mol. The zero-order valence-electron chi connectivity index (χ0n) is 8.39. The molecule has 2 N–H and O–H groups in total. The Balaban J connectivity index is 2.33. The van der Waals surface area contributed by atoms with Crippen LogP contribution in [0, 0.1) is 0 Å². The fourth-order valence-corrected chi connectivity index (χ4v) is 2.59. The van der Waals surface area contributed by atoms with Gasteiger partial charge in [-0.05, 0) is 24.0 Å². The highest BCUT2D eigenvalue weighted by Gasteiger charge is 2.21. The molecule has 1 heterocycles. The Morgan fingerprint density at radius 3 is 2.53 bits per heavy atom. The van der Waals surface area contributed by atoms with Gasteiger partial charge in [0.15, 0.2) is 0 Å². The van der Waals surface area contributed by atoms with Crippen LogP contribution in [0.4, 0.5) is 0 Å². The third kappa shape index (κ3) is 2.37. The molecule has 0 unspecified atom stereocenters. The topological polar surface area (TPSA) is 63.4 Å². The zero-order chi connectivity index (χ0) is 10.9. The summed E-state index contributed by atoms with van der Waals surface area (Å²) in [7, 11) is -3.56. The minimum atomic E-state index is -3.56. The molecule has 0 aliphatic carbocycles. The molecule has 1 aliphatic rings. The highest BCUT2D eigenvalue weighted by Crippen LogP contribution is 2.19. The normalized spacial score (nSPS) is 18.2. The summed E-state index contributed by atoms with van der Waals surface area (Å²) in [5.41, 5.74) is 2.28. The molecule has 5 heteroatoms. The van der Waals surface area contributed by atoms with E-state index in [4.69, 9.17) is 5.14 Å². The van der Waals surface area contributed by atoms with E-state index in [0.717, 1.165) is 18.4 Å². The zero-order valence-corrected chi connectivity index (χ0v) is 9.20. The molecule has 0 aromatic heterocycles. The molecule has 0 spiro atoms. The van der Waals surface area contributed by atoms with Crippen LogP contribution in [0.25, 0.3) is 0 Å². The number of fused-ring (bicyclic) bond motifs is 1. The van der Waals surface area contributed by atoms with Crippen LogP contribution in [0.3, 0.4) is 0 Å². The summed E-state index contributed by atoms with van der Waals surface area (Å²) in [6, 6.07) is 7.90. The van der Waals surface area contributed by atoms with Crippen molar-refractivity contribution in [1.29, 1.82) is 0 Å². The average Bonchev–Trinajstić information content (AvgIpc) is 2.38. The first-order valence-electron chi connectivity index (χ1n) is 4.92. The van der Waals surface area contributed by atoms with Crippen LogP contribution in [0.1, 0.15) is 17.5 Å². The summed E-state index contributed by atoms with van der Waals surface area (Å²) < 4.78 is 23.8. The Morgan fingerprint density at radius 2 is 1.87 bits per heavy atom. The maximum absolute atomic E-state index is 11.3. The Hall–Kier alpha value is -0.910. The van der Waals surface area contributed by atoms with E-state index in [1.165, 1.54) is 9.87 Å². The summed E-state index contributed by atoms with van der Waals surface area (Å²) in [5.74, 6) is 0. The quantitative estimate of drug-likeness (QED) is 0.763. The highest BCUT2D eigenvalue weighted by atomic mass is 32.2. The smallest absolute Gasteiger partial charge is 0.216 e. The van der Waals surface area contributed by atoms with Crippen molar-refractivity contribution in [2.24, 2.45) is 5.14 Å². The molecule has 2 rings (SSSR count). The molecule has 0 amide bonds. The van der Waals surface area contributed by atoms with Gasteiger partial charge < -0.3 is 0 Å². The first-order valence-corrected chi connectivity index (χ1v) is 6.42. The lowest BCUT2D eigenvalue weighted by Crippen LogP contribution is -2.36. The molecule has 0 saturated carbocycles. The molecular weight excluding hydrogens is 212 g/mol. The van der Waals surface area contributed by atoms with E-state index in [1.54, 1.807) is 0 Å². The van der Waals surface area contributed by atoms with Crippen LogP contribution in [-0.2, 0) is 23.2 Å². The lowest BCUT2D eigenvalue weighted by atomic mass is 10.0. The second-order valence-corrected chi connectivity index (χ2v) is 5.30. The lowest BCUT2D eigenvalue weighted by Gasteiger charge is -2.16. The van der Waals surface area contributed by atoms with Crippen molar-refractivity contribution in [2.75, 3.05) is 6.54 Å². The molecule has 1 aromatic rings. The van der Waals surface area contributed by atoms with Gasteiger partial charge in [0, 0.05) is 13.1 Å². The highest BCUT2D eigenvalue weighted by molar-refractivity contribution is 7.86. The standard InChI is InChI=1S/C10H14N2O2S/c11-15(13,14)12-7-3-6-9-4-1-2-5-10(9)8-12/h1-2,4-5H,3,6-8H2,(H2,11,13,14). The van der Waals surface area contributed by atoms with Gasteiger partial charge in [0.05, 0.1) is 0 Å². The van der Waals surface area contributed by atoms with Gasteiger partial charge in [-0.25, -0.2) is 5.14 Å². The predicted molar refractivity (Wildman–Crippen MR) is 58.3 cm³/mol. The number of nitrogens with two attached hydrogens (primary N) is 1. The minimum Gasteiger partial charge on any atom is -0.216 e. The van der Waals surface area contributed by atoms with Crippen LogP contribution in [0.5, 0.6) is 0 Å². The maximum Gasteiger partial charge on any atom is 0.277 e. The second kappa shape index (κ2) is 3.92. The molecule has 0 saturated heterocycles. The molecular formula is C10H14N2O2S. The molecule has 1 aromatic carbocycles. The van der Waals surface area contributed by atoms with Crippen molar-refractivity contribution in [3.05, 3.63) is 35.4 Å². The van der Waals surface area contributed by atoms with Crippen LogP contribution in [0.15, 0.2) is 24.3 Å². The van der Waals surface area contributed by atoms with E-state index < -0.39 is 10.2 Å². The second-order valence-electron chi connectivity index (χ2n) is 3.75. The van der Waals surface area contributed by atoms with Crippen molar-refractivity contribution in [1.82, 2.24) is 4.31 Å². The third-order valence-corrected chi connectivity index (χ3v) is 3.71. The number of hydrogen-bond donors (Lipinski definition) is 1. The summed E-state index contributed by atoms with van der Waals surface area (Å²) in [5, 5.41) is 5.13. The molecule has 4 nitrogen and oxygen atoms in total. The maximum atomic E-state index is 11.3. The van der Waals surface area contributed by atoms with E-state index in [2.05, 4.69) is 0 Å². The third-order valence-electron chi connectivity index (χ3n) is 2.68. The number of benzene rings is 1. The number of nitrogens with zero attached hydrogens (tertiary/aromatic N) is 1. The number of hydrogen-bond acceptors (Lipinski definition) is 2. The SMILES string of the molecule is NS(=O)(=O)N1CCCc2ccccc2C1. The number of rotatable bonds is 1. The van der Waals surface area contributed by atoms with Gasteiger partial charge >= 0.3 is 0 Å². The summed E-state index contributed by atoms with van der Waals surface area (Å²) >= 11 is 0. The van der Waals surface area contributed by atoms with Crippen LogP contribution in [0.2, 0.25) is 0 Å². The Bertz CT molecular complexity index is 456. The van der Waals surface area contributed by atoms with Crippen LogP contribution in [-0.4, -0.2) is 19.3 Å². The van der Waals surface area contributed by atoms with E-state index in [-0.39, 0.29) is 0 Å². The summed E-state index contributed by atoms with van der Waals surface area (Å²) in [6.45, 7) is 0.905. The van der Waals surface area contributed by atoms with Gasteiger partial charge in [-0.2, -0.15) is 12.7 Å².